The summed E-state index contributed by atoms with van der Waals surface area (Å²) in [7, 11) is 1.90. The monoisotopic (exact) mass is 165 g/mol. The van der Waals surface area contributed by atoms with E-state index in [2.05, 4.69) is 6.58 Å². The first-order valence-corrected chi connectivity index (χ1v) is 3.76. The Bertz CT molecular complexity index is 276. The molecule has 0 atom stereocenters. The number of rotatable bonds is 2. The van der Waals surface area contributed by atoms with Gasteiger partial charge in [0.05, 0.1) is 0 Å². The average molecular weight is 165 g/mol. The standard InChI is InChI=1S/C10H12FN/c1-8(2)12(3)10-6-4-9(11)5-7-10/h4-7H,1H2,2-3H3. The van der Waals surface area contributed by atoms with Crippen molar-refractivity contribution in [2.45, 2.75) is 6.92 Å². The van der Waals surface area contributed by atoms with Gasteiger partial charge >= 0.3 is 0 Å². The molecule has 1 aromatic carbocycles. The molecule has 1 nitrogen and oxygen atoms in total. The number of hydrogen-bond donors (Lipinski definition) is 0. The summed E-state index contributed by atoms with van der Waals surface area (Å²) in [6.07, 6.45) is 0. The lowest BCUT2D eigenvalue weighted by Crippen LogP contribution is -2.12. The molecule has 0 fully saturated rings. The number of allylic oxidation sites excluding steroid dienone is 1. The second-order valence-corrected chi connectivity index (χ2v) is 2.77. The van der Waals surface area contributed by atoms with Crippen molar-refractivity contribution in [1.29, 1.82) is 0 Å². The van der Waals surface area contributed by atoms with E-state index in [0.29, 0.717) is 0 Å². The molecule has 0 aliphatic rings. The highest BCUT2D eigenvalue weighted by Gasteiger charge is 1.99. The molecule has 0 bridgehead atoms. The molecule has 0 saturated carbocycles. The third kappa shape index (κ3) is 1.84. The van der Waals surface area contributed by atoms with Gasteiger partial charge in [0.15, 0.2) is 0 Å². The molecule has 0 radical (unpaired) electrons. The van der Waals surface area contributed by atoms with Gasteiger partial charge in [-0.25, -0.2) is 4.39 Å². The molecule has 2 heteroatoms. The topological polar surface area (TPSA) is 3.24 Å². The molecule has 1 rings (SSSR count). The van der Waals surface area contributed by atoms with Crippen LogP contribution >= 0.6 is 0 Å². The molecule has 0 unspecified atom stereocenters. The Balaban J connectivity index is 2.89. The maximum atomic E-state index is 12.5. The zero-order chi connectivity index (χ0) is 9.14. The van der Waals surface area contributed by atoms with Gasteiger partial charge in [0.1, 0.15) is 5.82 Å². The van der Waals surface area contributed by atoms with Gasteiger partial charge in [-0.2, -0.15) is 0 Å². The van der Waals surface area contributed by atoms with Crippen LogP contribution < -0.4 is 4.90 Å². The molecule has 0 heterocycles. The van der Waals surface area contributed by atoms with Crippen LogP contribution in [0.5, 0.6) is 0 Å². The van der Waals surface area contributed by atoms with E-state index in [1.807, 2.05) is 18.9 Å². The summed E-state index contributed by atoms with van der Waals surface area (Å²) < 4.78 is 12.5. The molecule has 0 spiro atoms. The first-order valence-electron chi connectivity index (χ1n) is 3.76. The fourth-order valence-corrected chi connectivity index (χ4v) is 0.885. The molecular formula is C10H12FN. The van der Waals surface area contributed by atoms with Gasteiger partial charge in [-0.15, -0.1) is 0 Å². The predicted molar refractivity (Wildman–Crippen MR) is 49.6 cm³/mol. The zero-order valence-electron chi connectivity index (χ0n) is 7.34. The Morgan fingerprint density at radius 2 is 1.83 bits per heavy atom. The van der Waals surface area contributed by atoms with Crippen molar-refractivity contribution in [3.8, 4) is 0 Å². The predicted octanol–water partition coefficient (Wildman–Crippen LogP) is 2.80. The highest BCUT2D eigenvalue weighted by Crippen LogP contribution is 2.15. The van der Waals surface area contributed by atoms with E-state index in [-0.39, 0.29) is 5.82 Å². The lowest BCUT2D eigenvalue weighted by Gasteiger charge is -2.18. The quantitative estimate of drug-likeness (QED) is 0.651. The summed E-state index contributed by atoms with van der Waals surface area (Å²) in [6.45, 7) is 5.69. The first kappa shape index (κ1) is 8.78. The summed E-state index contributed by atoms with van der Waals surface area (Å²) in [5, 5.41) is 0. The average Bonchev–Trinajstić information content (AvgIpc) is 2.04. The van der Waals surface area contributed by atoms with Crippen molar-refractivity contribution in [3.05, 3.63) is 42.4 Å². The van der Waals surface area contributed by atoms with E-state index in [1.165, 1.54) is 12.1 Å². The molecule has 0 aliphatic carbocycles. The van der Waals surface area contributed by atoms with Gasteiger partial charge in [0.2, 0.25) is 0 Å². The second kappa shape index (κ2) is 3.39. The van der Waals surface area contributed by atoms with E-state index < -0.39 is 0 Å². The number of hydrogen-bond acceptors (Lipinski definition) is 1. The van der Waals surface area contributed by atoms with E-state index in [0.717, 1.165) is 11.4 Å². The van der Waals surface area contributed by atoms with Crippen molar-refractivity contribution in [3.63, 3.8) is 0 Å². The summed E-state index contributed by atoms with van der Waals surface area (Å²) in [6, 6.07) is 6.33. The van der Waals surface area contributed by atoms with Crippen LogP contribution in [0.25, 0.3) is 0 Å². The minimum atomic E-state index is -0.214. The molecule has 64 valence electrons. The van der Waals surface area contributed by atoms with Crippen molar-refractivity contribution in [2.75, 3.05) is 11.9 Å². The van der Waals surface area contributed by atoms with Gasteiger partial charge in [-0.1, -0.05) is 6.58 Å². The lowest BCUT2D eigenvalue weighted by atomic mass is 10.3. The second-order valence-electron chi connectivity index (χ2n) is 2.77. The van der Waals surface area contributed by atoms with Crippen LogP contribution in [0.4, 0.5) is 10.1 Å². The zero-order valence-corrected chi connectivity index (χ0v) is 7.34. The van der Waals surface area contributed by atoms with E-state index in [4.69, 9.17) is 0 Å². The van der Waals surface area contributed by atoms with Gasteiger partial charge in [-0.3, -0.25) is 0 Å². The van der Waals surface area contributed by atoms with Crippen LogP contribution in [0.15, 0.2) is 36.5 Å². The molecule has 0 aromatic heterocycles. The smallest absolute Gasteiger partial charge is 0.123 e. The van der Waals surface area contributed by atoms with E-state index in [1.54, 1.807) is 12.1 Å². The Kier molecular flexibility index (Phi) is 2.48. The van der Waals surface area contributed by atoms with Crippen molar-refractivity contribution >= 4 is 5.69 Å². The van der Waals surface area contributed by atoms with Gasteiger partial charge in [-0.05, 0) is 31.2 Å². The normalized spacial score (nSPS) is 9.58. The van der Waals surface area contributed by atoms with Crippen LogP contribution in [0, 0.1) is 5.82 Å². The summed E-state index contributed by atoms with van der Waals surface area (Å²) in [5.41, 5.74) is 1.88. The first-order chi connectivity index (χ1) is 5.61. The third-order valence-corrected chi connectivity index (χ3v) is 1.79. The maximum absolute atomic E-state index is 12.5. The van der Waals surface area contributed by atoms with Crippen molar-refractivity contribution in [1.82, 2.24) is 0 Å². The number of anilines is 1. The van der Waals surface area contributed by atoms with Crippen molar-refractivity contribution < 1.29 is 4.39 Å². The molecule has 1 aromatic rings. The Labute approximate surface area is 72.1 Å². The fraction of sp³-hybridized carbons (Fsp3) is 0.200. The summed E-state index contributed by atoms with van der Waals surface area (Å²) in [5.74, 6) is -0.214. The van der Waals surface area contributed by atoms with Gasteiger partial charge < -0.3 is 4.90 Å². The molecule has 0 aliphatic heterocycles. The summed E-state index contributed by atoms with van der Waals surface area (Å²) >= 11 is 0. The number of halogens is 1. The van der Waals surface area contributed by atoms with Crippen LogP contribution in [-0.2, 0) is 0 Å². The third-order valence-electron chi connectivity index (χ3n) is 1.79. The molecule has 12 heavy (non-hydrogen) atoms. The largest absolute Gasteiger partial charge is 0.349 e. The maximum Gasteiger partial charge on any atom is 0.123 e. The lowest BCUT2D eigenvalue weighted by molar-refractivity contribution is 0.628. The Morgan fingerprint density at radius 1 is 1.33 bits per heavy atom. The summed E-state index contributed by atoms with van der Waals surface area (Å²) in [4.78, 5) is 1.90. The minimum Gasteiger partial charge on any atom is -0.349 e. The van der Waals surface area contributed by atoms with E-state index >= 15 is 0 Å². The van der Waals surface area contributed by atoms with Gasteiger partial charge in [0.25, 0.3) is 0 Å². The molecule has 0 N–H and O–H groups in total. The molecular weight excluding hydrogens is 153 g/mol. The van der Waals surface area contributed by atoms with Gasteiger partial charge in [0, 0.05) is 18.4 Å². The fourth-order valence-electron chi connectivity index (χ4n) is 0.885. The highest BCUT2D eigenvalue weighted by molar-refractivity contribution is 5.49. The Hall–Kier alpha value is -1.31. The minimum absolute atomic E-state index is 0.214. The van der Waals surface area contributed by atoms with Crippen molar-refractivity contribution in [2.24, 2.45) is 0 Å². The van der Waals surface area contributed by atoms with Crippen LogP contribution in [0.3, 0.4) is 0 Å². The van der Waals surface area contributed by atoms with E-state index in [9.17, 15) is 4.39 Å². The molecule has 0 saturated heterocycles. The molecule has 0 amide bonds. The number of nitrogens with zero attached hydrogens (tertiary/aromatic N) is 1. The highest BCUT2D eigenvalue weighted by atomic mass is 19.1. The SMILES string of the molecule is C=C(C)N(C)c1ccc(F)cc1. The van der Waals surface area contributed by atoms with Crippen LogP contribution in [0.1, 0.15) is 6.92 Å². The van der Waals surface area contributed by atoms with Crippen LogP contribution in [0.2, 0.25) is 0 Å². The Morgan fingerprint density at radius 3 is 2.25 bits per heavy atom. The van der Waals surface area contributed by atoms with Crippen LogP contribution in [-0.4, -0.2) is 7.05 Å². The number of benzene rings is 1.